The van der Waals surface area contributed by atoms with Gasteiger partial charge >= 0.3 is 0 Å². The molecule has 1 atom stereocenters. The molecule has 0 N–H and O–H groups in total. The fourth-order valence-electron chi connectivity index (χ4n) is 3.30. The van der Waals surface area contributed by atoms with Crippen LogP contribution in [0.5, 0.6) is 5.75 Å². The Kier molecular flexibility index (Phi) is 5.98. The summed E-state index contributed by atoms with van der Waals surface area (Å²) in [5.41, 5.74) is 1.29. The Balaban J connectivity index is 1.63. The van der Waals surface area contributed by atoms with Gasteiger partial charge in [0.1, 0.15) is 23.7 Å². The second kappa shape index (κ2) is 8.22. The van der Waals surface area contributed by atoms with E-state index in [0.29, 0.717) is 6.04 Å². The van der Waals surface area contributed by atoms with Gasteiger partial charge < -0.3 is 14.5 Å². The highest BCUT2D eigenvalue weighted by atomic mass is 79.9. The summed E-state index contributed by atoms with van der Waals surface area (Å²) < 4.78 is 6.31. The Morgan fingerprint density at radius 3 is 2.65 bits per heavy atom. The van der Waals surface area contributed by atoms with Crippen molar-refractivity contribution < 1.29 is 4.74 Å². The first kappa shape index (κ1) is 18.9. The van der Waals surface area contributed by atoms with Crippen molar-refractivity contribution in [3.63, 3.8) is 0 Å². The largest absolute Gasteiger partial charge is 0.496 e. The zero-order valence-electron chi connectivity index (χ0n) is 15.8. The van der Waals surface area contributed by atoms with Gasteiger partial charge in [0.05, 0.1) is 11.6 Å². The zero-order chi connectivity index (χ0) is 18.7. The van der Waals surface area contributed by atoms with Crippen molar-refractivity contribution in [2.75, 3.05) is 51.1 Å². The van der Waals surface area contributed by atoms with Crippen LogP contribution in [0.4, 0.5) is 11.6 Å². The van der Waals surface area contributed by atoms with Gasteiger partial charge in [0.25, 0.3) is 0 Å². The highest BCUT2D eigenvalue weighted by molar-refractivity contribution is 9.10. The van der Waals surface area contributed by atoms with Crippen LogP contribution in [0.25, 0.3) is 0 Å². The number of hydrogen-bond donors (Lipinski definition) is 0. The van der Waals surface area contributed by atoms with E-state index in [1.165, 1.54) is 5.56 Å². The number of rotatable bonds is 6. The summed E-state index contributed by atoms with van der Waals surface area (Å²) in [5.74, 6) is 2.77. The number of benzene rings is 1. The molecule has 2 aromatic rings. The van der Waals surface area contributed by atoms with Gasteiger partial charge in [-0.1, -0.05) is 6.07 Å². The smallest absolute Gasteiger partial charge is 0.134 e. The number of halogens is 1. The average Bonchev–Trinajstić information content (AvgIpc) is 3.10. The number of hydrogen-bond acceptors (Lipinski definition) is 6. The summed E-state index contributed by atoms with van der Waals surface area (Å²) in [5, 5.41) is 0. The average molecular weight is 420 g/mol. The first-order valence-electron chi connectivity index (χ1n) is 8.75. The minimum absolute atomic E-state index is 0.460. The molecule has 1 unspecified atom stereocenters. The van der Waals surface area contributed by atoms with E-state index in [1.54, 1.807) is 13.4 Å². The number of ether oxygens (including phenoxy) is 1. The molecule has 7 heteroatoms. The van der Waals surface area contributed by atoms with E-state index in [9.17, 15) is 0 Å². The summed E-state index contributed by atoms with van der Waals surface area (Å²) in [4.78, 5) is 15.5. The summed E-state index contributed by atoms with van der Waals surface area (Å²) >= 11 is 3.57. The third-order valence-corrected chi connectivity index (χ3v) is 5.50. The van der Waals surface area contributed by atoms with Crippen LogP contribution >= 0.6 is 15.9 Å². The number of likely N-dealkylation sites (tertiary alicyclic amines) is 1. The van der Waals surface area contributed by atoms with Crippen LogP contribution in [-0.2, 0) is 6.54 Å². The van der Waals surface area contributed by atoms with Crippen molar-refractivity contribution in [3.05, 3.63) is 40.6 Å². The molecule has 1 aliphatic rings. The van der Waals surface area contributed by atoms with Gasteiger partial charge in [-0.2, -0.15) is 0 Å². The van der Waals surface area contributed by atoms with Gasteiger partial charge in [0, 0.05) is 52.9 Å². The summed E-state index contributed by atoms with van der Waals surface area (Å²) in [6, 6.07) is 8.80. The molecule has 1 saturated heterocycles. The maximum Gasteiger partial charge on any atom is 0.134 e. The lowest BCUT2D eigenvalue weighted by Crippen LogP contribution is -2.35. The summed E-state index contributed by atoms with van der Waals surface area (Å²) in [6.45, 7) is 3.06. The molecule has 0 aliphatic carbocycles. The van der Waals surface area contributed by atoms with E-state index in [0.717, 1.165) is 47.9 Å². The highest BCUT2D eigenvalue weighted by Crippen LogP contribution is 2.27. The number of aromatic nitrogens is 2. The molecule has 6 nitrogen and oxygen atoms in total. The van der Waals surface area contributed by atoms with Gasteiger partial charge in [-0.15, -0.1) is 0 Å². The van der Waals surface area contributed by atoms with Crippen molar-refractivity contribution in [2.24, 2.45) is 0 Å². The number of likely N-dealkylation sites (N-methyl/N-ethyl adjacent to an activating group) is 1. The molecule has 1 fully saturated rings. The standard InChI is InChI=1S/C19H26BrN5O/c1-23(2)18-10-19(22-13-21-18)24(3)15-7-8-25(12-15)11-14-5-6-17(26-4)16(20)9-14/h5-6,9-10,13,15H,7-8,11-12H2,1-4H3. The number of nitrogens with zero attached hydrogens (tertiary/aromatic N) is 5. The van der Waals surface area contributed by atoms with Crippen LogP contribution in [-0.4, -0.2) is 62.3 Å². The fraction of sp³-hybridized carbons (Fsp3) is 0.474. The Bertz CT molecular complexity index is 754. The van der Waals surface area contributed by atoms with Crippen LogP contribution in [0.15, 0.2) is 35.1 Å². The molecule has 3 rings (SSSR count). The van der Waals surface area contributed by atoms with Crippen molar-refractivity contribution in [1.82, 2.24) is 14.9 Å². The second-order valence-electron chi connectivity index (χ2n) is 6.89. The quantitative estimate of drug-likeness (QED) is 0.716. The Hall–Kier alpha value is -1.86. The van der Waals surface area contributed by atoms with E-state index < -0.39 is 0 Å². The predicted molar refractivity (Wildman–Crippen MR) is 109 cm³/mol. The third kappa shape index (κ3) is 4.27. The minimum atomic E-state index is 0.460. The molecule has 0 bridgehead atoms. The molecular weight excluding hydrogens is 394 g/mol. The molecule has 1 aromatic heterocycles. The molecule has 0 spiro atoms. The normalized spacial score (nSPS) is 17.3. The van der Waals surface area contributed by atoms with Gasteiger partial charge in [-0.25, -0.2) is 9.97 Å². The van der Waals surface area contributed by atoms with E-state index in [2.05, 4.69) is 54.9 Å². The van der Waals surface area contributed by atoms with Crippen molar-refractivity contribution in [3.8, 4) is 5.75 Å². The van der Waals surface area contributed by atoms with Gasteiger partial charge in [0.2, 0.25) is 0 Å². The van der Waals surface area contributed by atoms with Gasteiger partial charge in [-0.05, 0) is 40.0 Å². The molecule has 1 aliphatic heterocycles. The molecule has 0 saturated carbocycles. The predicted octanol–water partition coefficient (Wildman–Crippen LogP) is 3.02. The van der Waals surface area contributed by atoms with Crippen LogP contribution in [0.2, 0.25) is 0 Å². The van der Waals surface area contributed by atoms with Crippen LogP contribution in [0.3, 0.4) is 0 Å². The van der Waals surface area contributed by atoms with E-state index in [1.807, 2.05) is 31.1 Å². The Morgan fingerprint density at radius 1 is 1.19 bits per heavy atom. The molecule has 2 heterocycles. The van der Waals surface area contributed by atoms with Gasteiger partial charge in [0.15, 0.2) is 0 Å². The van der Waals surface area contributed by atoms with Crippen molar-refractivity contribution in [2.45, 2.75) is 19.0 Å². The Morgan fingerprint density at radius 2 is 1.96 bits per heavy atom. The topological polar surface area (TPSA) is 44.7 Å². The second-order valence-corrected chi connectivity index (χ2v) is 7.74. The maximum absolute atomic E-state index is 5.31. The molecular formula is C19H26BrN5O. The number of anilines is 2. The lowest BCUT2D eigenvalue weighted by Gasteiger charge is -2.26. The van der Waals surface area contributed by atoms with E-state index in [-0.39, 0.29) is 0 Å². The first-order chi connectivity index (χ1) is 12.5. The zero-order valence-corrected chi connectivity index (χ0v) is 17.4. The molecule has 26 heavy (non-hydrogen) atoms. The highest BCUT2D eigenvalue weighted by Gasteiger charge is 2.26. The maximum atomic E-state index is 5.31. The monoisotopic (exact) mass is 419 g/mol. The fourth-order valence-corrected chi connectivity index (χ4v) is 3.89. The van der Waals surface area contributed by atoms with Crippen molar-refractivity contribution >= 4 is 27.6 Å². The third-order valence-electron chi connectivity index (χ3n) is 4.88. The summed E-state index contributed by atoms with van der Waals surface area (Å²) in [7, 11) is 7.81. The lowest BCUT2D eigenvalue weighted by atomic mass is 10.2. The Labute approximate surface area is 163 Å². The van der Waals surface area contributed by atoms with Crippen molar-refractivity contribution in [1.29, 1.82) is 0 Å². The van der Waals surface area contributed by atoms with E-state index >= 15 is 0 Å². The van der Waals surface area contributed by atoms with Crippen LogP contribution in [0.1, 0.15) is 12.0 Å². The summed E-state index contributed by atoms with van der Waals surface area (Å²) in [6.07, 6.45) is 2.78. The molecule has 1 aromatic carbocycles. The molecule has 0 radical (unpaired) electrons. The lowest BCUT2D eigenvalue weighted by molar-refractivity contribution is 0.325. The first-order valence-corrected chi connectivity index (χ1v) is 9.54. The number of methoxy groups -OCH3 is 1. The van der Waals surface area contributed by atoms with Crippen LogP contribution < -0.4 is 14.5 Å². The SMILES string of the molecule is COc1ccc(CN2CCC(N(C)c3cc(N(C)C)ncn3)C2)cc1Br. The van der Waals surface area contributed by atoms with Gasteiger partial charge in [-0.3, -0.25) is 4.90 Å². The van der Waals surface area contributed by atoms with E-state index in [4.69, 9.17) is 4.74 Å². The molecule has 0 amide bonds. The minimum Gasteiger partial charge on any atom is -0.496 e. The van der Waals surface area contributed by atoms with Crippen LogP contribution in [0, 0.1) is 0 Å². The molecule has 140 valence electrons.